The molecule has 1 saturated heterocycles. The molecule has 0 bridgehead atoms. The van der Waals surface area contributed by atoms with Gasteiger partial charge in [0.15, 0.2) is 0 Å². The second-order valence-corrected chi connectivity index (χ2v) is 8.21. The highest BCUT2D eigenvalue weighted by molar-refractivity contribution is 6.00. The van der Waals surface area contributed by atoms with Crippen molar-refractivity contribution in [1.82, 2.24) is 19.3 Å². The number of aromatic nitrogens is 3. The summed E-state index contributed by atoms with van der Waals surface area (Å²) in [5.41, 5.74) is 0.354. The lowest BCUT2D eigenvalue weighted by molar-refractivity contribution is -0.137. The zero-order valence-electron chi connectivity index (χ0n) is 18.4. The summed E-state index contributed by atoms with van der Waals surface area (Å²) in [4.78, 5) is 23.6. The lowest BCUT2D eigenvalue weighted by Crippen LogP contribution is -2.39. The Bertz CT molecular complexity index is 1370. The van der Waals surface area contributed by atoms with Gasteiger partial charge in [0.2, 0.25) is 5.88 Å². The first kappa shape index (κ1) is 22.8. The van der Waals surface area contributed by atoms with Gasteiger partial charge in [0.1, 0.15) is 29.5 Å². The molecule has 6 nitrogen and oxygen atoms in total. The number of imidazole rings is 1. The molecule has 35 heavy (non-hydrogen) atoms. The van der Waals surface area contributed by atoms with Crippen LogP contribution >= 0.6 is 0 Å². The molecule has 1 fully saturated rings. The van der Waals surface area contributed by atoms with E-state index in [1.165, 1.54) is 6.07 Å². The van der Waals surface area contributed by atoms with Crippen LogP contribution in [-0.2, 0) is 6.18 Å². The van der Waals surface area contributed by atoms with Crippen LogP contribution in [0, 0.1) is 5.82 Å². The van der Waals surface area contributed by atoms with E-state index in [2.05, 4.69) is 9.97 Å². The molecule has 0 radical (unpaired) electrons. The van der Waals surface area contributed by atoms with E-state index in [4.69, 9.17) is 4.74 Å². The summed E-state index contributed by atoms with van der Waals surface area (Å²) in [6.07, 6.45) is -0.687. The minimum Gasteiger partial charge on any atom is -0.475 e. The highest BCUT2D eigenvalue weighted by Crippen LogP contribution is 2.31. The van der Waals surface area contributed by atoms with E-state index in [-0.39, 0.29) is 41.4 Å². The van der Waals surface area contributed by atoms with Crippen LogP contribution in [0.4, 0.5) is 17.6 Å². The first-order valence-corrected chi connectivity index (χ1v) is 11.0. The van der Waals surface area contributed by atoms with Gasteiger partial charge in [-0.3, -0.25) is 9.20 Å². The first-order valence-electron chi connectivity index (χ1n) is 11.0. The van der Waals surface area contributed by atoms with Crippen molar-refractivity contribution in [3.63, 3.8) is 0 Å². The van der Waals surface area contributed by atoms with Gasteiger partial charge in [-0.25, -0.2) is 14.4 Å². The number of halogens is 4. The standard InChI is InChI=1S/C25H20F4N4O2/c26-19-8-2-1-7-18(19)22-23(33-12-4-3-9-20(33)31-22)24(34)32-13-5-6-17(32)15-35-21-11-10-16(14-30-21)25(27,28)29/h1-4,7-12,14,17H,5-6,13,15H2. The molecule has 1 aromatic carbocycles. The van der Waals surface area contributed by atoms with Crippen molar-refractivity contribution in [3.05, 3.63) is 84.1 Å². The molecule has 10 heteroatoms. The number of likely N-dealkylation sites (tertiary alicyclic amines) is 1. The number of rotatable bonds is 5. The molecule has 180 valence electrons. The van der Waals surface area contributed by atoms with Crippen LogP contribution in [0.2, 0.25) is 0 Å². The number of ether oxygens (including phenoxy) is 1. The lowest BCUT2D eigenvalue weighted by atomic mass is 10.1. The maximum Gasteiger partial charge on any atom is 0.417 e. The Morgan fingerprint density at radius 3 is 2.63 bits per heavy atom. The number of alkyl halides is 3. The molecule has 1 aliphatic rings. The third-order valence-electron chi connectivity index (χ3n) is 5.99. The quantitative estimate of drug-likeness (QED) is 0.364. The summed E-state index contributed by atoms with van der Waals surface area (Å²) in [5.74, 6) is -0.771. The van der Waals surface area contributed by atoms with Gasteiger partial charge in [0.25, 0.3) is 5.91 Å². The van der Waals surface area contributed by atoms with Crippen molar-refractivity contribution in [2.45, 2.75) is 25.1 Å². The number of amides is 1. The average Bonchev–Trinajstić information content (AvgIpc) is 3.47. The first-order chi connectivity index (χ1) is 16.8. The summed E-state index contributed by atoms with van der Waals surface area (Å²) < 4.78 is 60.2. The van der Waals surface area contributed by atoms with E-state index in [1.807, 2.05) is 0 Å². The van der Waals surface area contributed by atoms with Crippen LogP contribution in [0.15, 0.2) is 67.0 Å². The van der Waals surface area contributed by atoms with Crippen LogP contribution < -0.4 is 4.74 Å². The van der Waals surface area contributed by atoms with Gasteiger partial charge in [-0.1, -0.05) is 18.2 Å². The van der Waals surface area contributed by atoms with Gasteiger partial charge in [0.05, 0.1) is 11.6 Å². The Labute approximate surface area is 197 Å². The molecule has 5 rings (SSSR count). The minimum atomic E-state index is -4.48. The SMILES string of the molecule is O=C(c1c(-c2ccccc2F)nc2ccccn12)N1CCCC1COc1ccc(C(F)(F)F)cn1. The molecule has 0 N–H and O–H groups in total. The molecule has 1 aliphatic heterocycles. The molecule has 0 aliphatic carbocycles. The Kier molecular flexibility index (Phi) is 5.88. The van der Waals surface area contributed by atoms with Gasteiger partial charge in [-0.2, -0.15) is 13.2 Å². The van der Waals surface area contributed by atoms with Crippen LogP contribution in [-0.4, -0.2) is 44.4 Å². The molecule has 0 saturated carbocycles. The summed E-state index contributed by atoms with van der Waals surface area (Å²) in [5, 5.41) is 0. The van der Waals surface area contributed by atoms with E-state index >= 15 is 0 Å². The van der Waals surface area contributed by atoms with Crippen LogP contribution in [0.1, 0.15) is 28.9 Å². The fourth-order valence-corrected chi connectivity index (χ4v) is 4.27. The number of hydrogen-bond donors (Lipinski definition) is 0. The van der Waals surface area contributed by atoms with Gasteiger partial charge in [0, 0.05) is 30.6 Å². The summed E-state index contributed by atoms with van der Waals surface area (Å²) >= 11 is 0. The maximum atomic E-state index is 14.6. The average molecular weight is 484 g/mol. The second-order valence-electron chi connectivity index (χ2n) is 8.21. The number of carbonyl (C=O) groups is 1. The van der Waals surface area contributed by atoms with Crippen molar-refractivity contribution in [1.29, 1.82) is 0 Å². The van der Waals surface area contributed by atoms with E-state index in [0.717, 1.165) is 18.6 Å². The van der Waals surface area contributed by atoms with E-state index < -0.39 is 17.6 Å². The molecule has 4 aromatic rings. The maximum absolute atomic E-state index is 14.6. The molecular weight excluding hydrogens is 464 g/mol. The van der Waals surface area contributed by atoms with Crippen molar-refractivity contribution >= 4 is 11.6 Å². The van der Waals surface area contributed by atoms with E-state index in [0.29, 0.717) is 24.8 Å². The number of carbonyl (C=O) groups excluding carboxylic acids is 1. The zero-order chi connectivity index (χ0) is 24.6. The normalized spacial score (nSPS) is 16.1. The molecule has 4 heterocycles. The molecule has 0 spiro atoms. The fourth-order valence-electron chi connectivity index (χ4n) is 4.27. The highest BCUT2D eigenvalue weighted by atomic mass is 19.4. The Hall–Kier alpha value is -3.95. The summed E-state index contributed by atoms with van der Waals surface area (Å²) in [7, 11) is 0. The van der Waals surface area contributed by atoms with Crippen LogP contribution in [0.5, 0.6) is 5.88 Å². The molecule has 1 atom stereocenters. The monoisotopic (exact) mass is 484 g/mol. The fraction of sp³-hybridized carbons (Fsp3) is 0.240. The summed E-state index contributed by atoms with van der Waals surface area (Å²) in [6.45, 7) is 0.528. The van der Waals surface area contributed by atoms with Crippen molar-refractivity contribution in [3.8, 4) is 17.1 Å². The number of benzene rings is 1. The predicted octanol–water partition coefficient (Wildman–Crippen LogP) is 5.24. The predicted molar refractivity (Wildman–Crippen MR) is 119 cm³/mol. The summed E-state index contributed by atoms with van der Waals surface area (Å²) in [6, 6.07) is 13.2. The van der Waals surface area contributed by atoms with Crippen LogP contribution in [0.3, 0.4) is 0 Å². The second kappa shape index (κ2) is 9.01. The van der Waals surface area contributed by atoms with Gasteiger partial charge < -0.3 is 9.64 Å². The largest absolute Gasteiger partial charge is 0.475 e. The molecular formula is C25H20F4N4O2. The number of fused-ring (bicyclic) bond motifs is 1. The highest BCUT2D eigenvalue weighted by Gasteiger charge is 2.34. The van der Waals surface area contributed by atoms with E-state index in [9.17, 15) is 22.4 Å². The number of hydrogen-bond acceptors (Lipinski definition) is 4. The van der Waals surface area contributed by atoms with Crippen LogP contribution in [0.25, 0.3) is 16.9 Å². The molecule has 3 aromatic heterocycles. The van der Waals surface area contributed by atoms with Crippen molar-refractivity contribution < 1.29 is 27.1 Å². The third-order valence-corrected chi connectivity index (χ3v) is 5.99. The Morgan fingerprint density at radius 1 is 1.09 bits per heavy atom. The van der Waals surface area contributed by atoms with Crippen molar-refractivity contribution in [2.24, 2.45) is 0 Å². The van der Waals surface area contributed by atoms with Crippen molar-refractivity contribution in [2.75, 3.05) is 13.2 Å². The smallest absolute Gasteiger partial charge is 0.417 e. The Balaban J connectivity index is 1.41. The minimum absolute atomic E-state index is 0.0409. The number of pyridine rings is 2. The lowest BCUT2D eigenvalue weighted by Gasteiger charge is -2.25. The van der Waals surface area contributed by atoms with Gasteiger partial charge >= 0.3 is 6.18 Å². The third kappa shape index (κ3) is 4.43. The zero-order valence-corrected chi connectivity index (χ0v) is 18.4. The number of nitrogens with zero attached hydrogens (tertiary/aromatic N) is 4. The van der Waals surface area contributed by atoms with E-state index in [1.54, 1.807) is 51.9 Å². The van der Waals surface area contributed by atoms with Gasteiger partial charge in [-0.05, 0) is 43.2 Å². The molecule has 1 unspecified atom stereocenters. The molecule has 1 amide bonds. The Morgan fingerprint density at radius 2 is 1.89 bits per heavy atom. The topological polar surface area (TPSA) is 59.7 Å². The van der Waals surface area contributed by atoms with Gasteiger partial charge in [-0.15, -0.1) is 0 Å².